The lowest BCUT2D eigenvalue weighted by molar-refractivity contribution is 0.121. The first-order valence-electron chi connectivity index (χ1n) is 8.39. The SMILES string of the molecule is CCc1noc(-c2ncc3[nH]c4cccc(C(C)OC)c4c3c2C)n1. The quantitative estimate of drug-likeness (QED) is 0.600. The van der Waals surface area contributed by atoms with Crippen molar-refractivity contribution in [3.8, 4) is 11.6 Å². The molecule has 0 radical (unpaired) electrons. The first kappa shape index (κ1) is 15.8. The van der Waals surface area contributed by atoms with Gasteiger partial charge in [-0.15, -0.1) is 0 Å². The van der Waals surface area contributed by atoms with Gasteiger partial charge < -0.3 is 14.2 Å². The number of hydrogen-bond donors (Lipinski definition) is 1. The molecule has 6 nitrogen and oxygen atoms in total. The Hall–Kier alpha value is -2.73. The van der Waals surface area contributed by atoms with Gasteiger partial charge in [-0.1, -0.05) is 24.2 Å². The molecule has 0 bridgehead atoms. The normalized spacial score (nSPS) is 13.0. The Balaban J connectivity index is 2.03. The van der Waals surface area contributed by atoms with Crippen LogP contribution >= 0.6 is 0 Å². The van der Waals surface area contributed by atoms with Crippen molar-refractivity contribution in [3.63, 3.8) is 0 Å². The summed E-state index contributed by atoms with van der Waals surface area (Å²) in [6, 6.07) is 6.21. The fraction of sp³-hybridized carbons (Fsp3) is 0.316. The maximum Gasteiger partial charge on any atom is 0.276 e. The Morgan fingerprint density at radius 1 is 1.24 bits per heavy atom. The van der Waals surface area contributed by atoms with Crippen molar-refractivity contribution in [3.05, 3.63) is 41.3 Å². The number of nitrogens with one attached hydrogen (secondary N) is 1. The number of methoxy groups -OCH3 is 1. The van der Waals surface area contributed by atoms with Gasteiger partial charge in [-0.3, -0.25) is 0 Å². The van der Waals surface area contributed by atoms with Crippen molar-refractivity contribution in [1.82, 2.24) is 20.1 Å². The van der Waals surface area contributed by atoms with Gasteiger partial charge in [0.25, 0.3) is 5.89 Å². The summed E-state index contributed by atoms with van der Waals surface area (Å²) < 4.78 is 11.0. The van der Waals surface area contributed by atoms with Crippen LogP contribution in [0.25, 0.3) is 33.4 Å². The van der Waals surface area contributed by atoms with Gasteiger partial charge in [0.2, 0.25) is 0 Å². The summed E-state index contributed by atoms with van der Waals surface area (Å²) in [6.45, 7) is 6.09. The van der Waals surface area contributed by atoms with Crippen LogP contribution in [0, 0.1) is 6.92 Å². The average Bonchev–Trinajstić information content (AvgIpc) is 3.25. The van der Waals surface area contributed by atoms with E-state index in [-0.39, 0.29) is 6.10 Å². The summed E-state index contributed by atoms with van der Waals surface area (Å²) in [5, 5.41) is 6.26. The Bertz CT molecular complexity index is 1060. The van der Waals surface area contributed by atoms with E-state index in [1.54, 1.807) is 7.11 Å². The molecule has 1 unspecified atom stereocenters. The molecule has 4 aromatic rings. The highest BCUT2D eigenvalue weighted by molar-refractivity contribution is 6.11. The molecule has 1 N–H and O–H groups in total. The minimum Gasteiger partial charge on any atom is -0.377 e. The number of hydrogen-bond acceptors (Lipinski definition) is 5. The van der Waals surface area contributed by atoms with E-state index < -0.39 is 0 Å². The van der Waals surface area contributed by atoms with Crippen LogP contribution in [0.4, 0.5) is 0 Å². The molecule has 0 saturated heterocycles. The zero-order valence-electron chi connectivity index (χ0n) is 14.8. The largest absolute Gasteiger partial charge is 0.377 e. The molecule has 0 aliphatic carbocycles. The second-order valence-corrected chi connectivity index (χ2v) is 6.16. The third-order valence-corrected chi connectivity index (χ3v) is 4.72. The zero-order chi connectivity index (χ0) is 17.6. The molecule has 1 aromatic carbocycles. The van der Waals surface area contributed by atoms with Crippen LogP contribution < -0.4 is 0 Å². The van der Waals surface area contributed by atoms with Gasteiger partial charge in [0, 0.05) is 29.8 Å². The van der Waals surface area contributed by atoms with Crippen LogP contribution in [-0.4, -0.2) is 27.2 Å². The Kier molecular flexibility index (Phi) is 3.77. The van der Waals surface area contributed by atoms with Crippen molar-refractivity contribution in [2.75, 3.05) is 7.11 Å². The Morgan fingerprint density at radius 3 is 2.80 bits per heavy atom. The molecule has 4 rings (SSSR count). The molecule has 0 spiro atoms. The second kappa shape index (κ2) is 5.97. The zero-order valence-corrected chi connectivity index (χ0v) is 14.8. The number of aromatic amines is 1. The van der Waals surface area contributed by atoms with Gasteiger partial charge in [0.05, 0.1) is 17.8 Å². The van der Waals surface area contributed by atoms with E-state index in [1.807, 2.05) is 26.1 Å². The Morgan fingerprint density at radius 2 is 2.08 bits per heavy atom. The lowest BCUT2D eigenvalue weighted by Gasteiger charge is -2.12. The van der Waals surface area contributed by atoms with Crippen LogP contribution in [0.1, 0.15) is 36.9 Å². The van der Waals surface area contributed by atoms with Gasteiger partial charge in [0.15, 0.2) is 5.82 Å². The topological polar surface area (TPSA) is 76.8 Å². The average molecular weight is 336 g/mol. The minimum absolute atomic E-state index is 0.00573. The van der Waals surface area contributed by atoms with Gasteiger partial charge >= 0.3 is 0 Å². The van der Waals surface area contributed by atoms with Crippen LogP contribution in [-0.2, 0) is 11.2 Å². The van der Waals surface area contributed by atoms with Gasteiger partial charge in [-0.2, -0.15) is 4.98 Å². The van der Waals surface area contributed by atoms with Gasteiger partial charge in [-0.05, 0) is 31.0 Å². The van der Waals surface area contributed by atoms with Crippen molar-refractivity contribution in [2.24, 2.45) is 0 Å². The molecule has 0 saturated carbocycles. The standard InChI is InChI=1S/C19H20N4O2/c1-5-15-22-19(25-23-15)18-10(2)16-14(9-20-18)21-13-8-6-7-12(17(13)16)11(3)24-4/h6-9,11,21H,5H2,1-4H3. The molecule has 0 fully saturated rings. The number of ether oxygens (including phenoxy) is 1. The van der Waals surface area contributed by atoms with E-state index in [1.165, 1.54) is 0 Å². The smallest absolute Gasteiger partial charge is 0.276 e. The molecular weight excluding hydrogens is 316 g/mol. The third-order valence-electron chi connectivity index (χ3n) is 4.72. The van der Waals surface area contributed by atoms with E-state index in [0.29, 0.717) is 11.7 Å². The highest BCUT2D eigenvalue weighted by atomic mass is 16.5. The number of nitrogens with zero attached hydrogens (tertiary/aromatic N) is 3. The number of pyridine rings is 1. The van der Waals surface area contributed by atoms with E-state index in [0.717, 1.165) is 45.0 Å². The molecule has 25 heavy (non-hydrogen) atoms. The number of benzene rings is 1. The van der Waals surface area contributed by atoms with Gasteiger partial charge in [-0.25, -0.2) is 4.98 Å². The predicted octanol–water partition coefficient (Wildman–Crippen LogP) is 4.34. The molecule has 3 heterocycles. The number of fused-ring (bicyclic) bond motifs is 3. The lowest BCUT2D eigenvalue weighted by Crippen LogP contribution is -1.97. The third kappa shape index (κ3) is 2.41. The van der Waals surface area contributed by atoms with E-state index in [4.69, 9.17) is 9.26 Å². The number of rotatable bonds is 4. The first-order valence-corrected chi connectivity index (χ1v) is 8.39. The predicted molar refractivity (Wildman–Crippen MR) is 96.4 cm³/mol. The summed E-state index contributed by atoms with van der Waals surface area (Å²) in [6.07, 6.45) is 2.55. The molecule has 0 amide bonds. The first-order chi connectivity index (χ1) is 12.1. The van der Waals surface area contributed by atoms with Gasteiger partial charge in [0.1, 0.15) is 5.69 Å². The minimum atomic E-state index is -0.00573. The monoisotopic (exact) mass is 336 g/mol. The fourth-order valence-corrected chi connectivity index (χ4v) is 3.30. The summed E-state index contributed by atoms with van der Waals surface area (Å²) in [5.74, 6) is 1.15. The highest BCUT2D eigenvalue weighted by Gasteiger charge is 2.19. The lowest BCUT2D eigenvalue weighted by atomic mass is 10.00. The van der Waals surface area contributed by atoms with Crippen molar-refractivity contribution < 1.29 is 9.26 Å². The molecule has 128 valence electrons. The van der Waals surface area contributed by atoms with Crippen molar-refractivity contribution >= 4 is 21.8 Å². The summed E-state index contributed by atoms with van der Waals surface area (Å²) in [7, 11) is 1.73. The maximum absolute atomic E-state index is 5.56. The van der Waals surface area contributed by atoms with Crippen molar-refractivity contribution in [2.45, 2.75) is 33.3 Å². The van der Waals surface area contributed by atoms with Crippen LogP contribution in [0.2, 0.25) is 0 Å². The highest BCUT2D eigenvalue weighted by Crippen LogP contribution is 2.36. The number of aryl methyl sites for hydroxylation is 2. The van der Waals surface area contributed by atoms with E-state index in [9.17, 15) is 0 Å². The summed E-state index contributed by atoms with van der Waals surface area (Å²) >= 11 is 0. The van der Waals surface area contributed by atoms with Crippen molar-refractivity contribution in [1.29, 1.82) is 0 Å². The molecule has 0 aliphatic rings. The second-order valence-electron chi connectivity index (χ2n) is 6.16. The number of H-pyrrole nitrogens is 1. The maximum atomic E-state index is 5.56. The van der Waals surface area contributed by atoms with Crippen LogP contribution in [0.15, 0.2) is 28.9 Å². The van der Waals surface area contributed by atoms with Crippen LogP contribution in [0.3, 0.4) is 0 Å². The summed E-state index contributed by atoms with van der Waals surface area (Å²) in [5.41, 5.74) is 4.94. The molecule has 0 aliphatic heterocycles. The number of aromatic nitrogens is 4. The molecule has 6 heteroatoms. The van der Waals surface area contributed by atoms with E-state index >= 15 is 0 Å². The summed E-state index contributed by atoms with van der Waals surface area (Å²) in [4.78, 5) is 12.4. The Labute approximate surface area is 145 Å². The molecule has 1 atom stereocenters. The molecule has 3 aromatic heterocycles. The molecular formula is C19H20N4O2. The fourth-order valence-electron chi connectivity index (χ4n) is 3.30. The van der Waals surface area contributed by atoms with Crippen LogP contribution in [0.5, 0.6) is 0 Å². The van der Waals surface area contributed by atoms with E-state index in [2.05, 4.69) is 39.2 Å².